The highest BCUT2D eigenvalue weighted by molar-refractivity contribution is 5.85. The molecule has 1 unspecified atom stereocenters. The first kappa shape index (κ1) is 8.97. The summed E-state index contributed by atoms with van der Waals surface area (Å²) in [7, 11) is 0. The van der Waals surface area contributed by atoms with Crippen LogP contribution in [0.1, 0.15) is 17.3 Å². The third kappa shape index (κ3) is 1.16. The standard InChI is InChI=1S/C8H12N4.ClH/c1-4-8(11-12-10-4)7-5-2-9-3-6(5)7;/h5-7,9H,2-3H2,1H3,(H,10,11,12);1H/t5-,6+,7?;. The Balaban J connectivity index is 0.000000653. The molecule has 1 aromatic rings. The fraction of sp³-hybridized carbons (Fsp3) is 0.750. The summed E-state index contributed by atoms with van der Waals surface area (Å²) in [6.07, 6.45) is 0. The number of aryl methyl sites for hydroxylation is 1. The quantitative estimate of drug-likeness (QED) is 0.693. The number of nitrogens with one attached hydrogen (secondary N) is 2. The van der Waals surface area contributed by atoms with Gasteiger partial charge in [-0.15, -0.1) is 17.5 Å². The molecule has 1 aliphatic heterocycles. The van der Waals surface area contributed by atoms with Crippen LogP contribution in [0.2, 0.25) is 0 Å². The molecule has 0 spiro atoms. The number of aromatic amines is 1. The predicted octanol–water partition coefficient (Wildman–Crippen LogP) is 0.468. The number of nitrogens with zero attached hydrogens (tertiary/aromatic N) is 2. The second kappa shape index (κ2) is 2.96. The Labute approximate surface area is 82.9 Å². The molecule has 3 rings (SSSR count). The van der Waals surface area contributed by atoms with Crippen LogP contribution >= 0.6 is 12.4 Å². The molecule has 1 saturated carbocycles. The normalized spacial score (nSPS) is 35.3. The van der Waals surface area contributed by atoms with Crippen LogP contribution in [0.3, 0.4) is 0 Å². The number of fused-ring (bicyclic) bond motifs is 1. The summed E-state index contributed by atoms with van der Waals surface area (Å²) < 4.78 is 0. The molecule has 1 aliphatic carbocycles. The molecule has 0 amide bonds. The predicted molar refractivity (Wildman–Crippen MR) is 51.0 cm³/mol. The molecule has 1 saturated heterocycles. The highest BCUT2D eigenvalue weighted by atomic mass is 35.5. The average molecular weight is 201 g/mol. The Kier molecular flexibility index (Phi) is 2.04. The van der Waals surface area contributed by atoms with Gasteiger partial charge in [-0.3, -0.25) is 5.10 Å². The number of hydrogen-bond donors (Lipinski definition) is 2. The summed E-state index contributed by atoms with van der Waals surface area (Å²) in [5.41, 5.74) is 2.35. The van der Waals surface area contributed by atoms with E-state index in [4.69, 9.17) is 0 Å². The van der Waals surface area contributed by atoms with Gasteiger partial charge in [-0.2, -0.15) is 0 Å². The maximum atomic E-state index is 3.98. The van der Waals surface area contributed by atoms with Crippen molar-refractivity contribution in [2.24, 2.45) is 11.8 Å². The van der Waals surface area contributed by atoms with E-state index in [2.05, 4.69) is 20.7 Å². The number of hydrogen-bond acceptors (Lipinski definition) is 3. The summed E-state index contributed by atoms with van der Waals surface area (Å²) in [5, 5.41) is 14.2. The summed E-state index contributed by atoms with van der Waals surface area (Å²) in [4.78, 5) is 0. The minimum absolute atomic E-state index is 0. The van der Waals surface area contributed by atoms with Gasteiger partial charge in [0.05, 0.1) is 11.4 Å². The van der Waals surface area contributed by atoms with Gasteiger partial charge in [-0.05, 0) is 31.8 Å². The van der Waals surface area contributed by atoms with Gasteiger partial charge < -0.3 is 5.32 Å². The molecule has 0 aromatic carbocycles. The van der Waals surface area contributed by atoms with Crippen molar-refractivity contribution in [3.63, 3.8) is 0 Å². The van der Waals surface area contributed by atoms with Crippen molar-refractivity contribution < 1.29 is 0 Å². The Morgan fingerprint density at radius 3 is 2.54 bits per heavy atom. The van der Waals surface area contributed by atoms with E-state index in [9.17, 15) is 0 Å². The molecular weight excluding hydrogens is 188 g/mol. The average Bonchev–Trinajstić information content (AvgIpc) is 2.56. The van der Waals surface area contributed by atoms with E-state index in [1.165, 1.54) is 18.8 Å². The lowest BCUT2D eigenvalue weighted by Crippen LogP contribution is -2.14. The van der Waals surface area contributed by atoms with Gasteiger partial charge in [0.1, 0.15) is 0 Å². The zero-order valence-electron chi connectivity index (χ0n) is 7.45. The topological polar surface area (TPSA) is 53.6 Å². The molecule has 0 radical (unpaired) electrons. The molecule has 2 fully saturated rings. The van der Waals surface area contributed by atoms with Gasteiger partial charge in [0.25, 0.3) is 0 Å². The zero-order chi connectivity index (χ0) is 8.13. The molecule has 4 nitrogen and oxygen atoms in total. The SMILES string of the molecule is Cc1nn[nH]c1C1[C@H]2CNC[C@@H]12.Cl. The van der Waals surface area contributed by atoms with E-state index >= 15 is 0 Å². The van der Waals surface area contributed by atoms with Gasteiger partial charge in [0, 0.05) is 5.92 Å². The summed E-state index contributed by atoms with van der Waals surface area (Å²) in [6.45, 7) is 4.38. The van der Waals surface area contributed by atoms with Crippen molar-refractivity contribution in [3.05, 3.63) is 11.4 Å². The molecule has 2 aliphatic rings. The number of aromatic nitrogens is 3. The molecule has 2 heterocycles. The minimum atomic E-state index is 0. The van der Waals surface area contributed by atoms with E-state index in [1.54, 1.807) is 0 Å². The number of H-pyrrole nitrogens is 1. The number of piperidine rings is 1. The Bertz CT molecular complexity index is 301. The maximum absolute atomic E-state index is 3.98. The molecule has 3 atom stereocenters. The number of halogens is 1. The van der Waals surface area contributed by atoms with E-state index in [0.717, 1.165) is 23.4 Å². The highest BCUT2D eigenvalue weighted by Gasteiger charge is 2.54. The molecule has 13 heavy (non-hydrogen) atoms. The van der Waals surface area contributed by atoms with Crippen LogP contribution in [-0.4, -0.2) is 28.5 Å². The molecule has 5 heteroatoms. The Morgan fingerprint density at radius 1 is 1.31 bits per heavy atom. The molecule has 0 bridgehead atoms. The lowest BCUT2D eigenvalue weighted by Gasteiger charge is -2.00. The van der Waals surface area contributed by atoms with Crippen molar-refractivity contribution in [2.45, 2.75) is 12.8 Å². The minimum Gasteiger partial charge on any atom is -0.316 e. The largest absolute Gasteiger partial charge is 0.316 e. The van der Waals surface area contributed by atoms with Crippen LogP contribution in [0, 0.1) is 18.8 Å². The van der Waals surface area contributed by atoms with E-state index in [0.29, 0.717) is 0 Å². The van der Waals surface area contributed by atoms with Crippen LogP contribution in [0.5, 0.6) is 0 Å². The van der Waals surface area contributed by atoms with E-state index < -0.39 is 0 Å². The van der Waals surface area contributed by atoms with Gasteiger partial charge in [0.15, 0.2) is 0 Å². The van der Waals surface area contributed by atoms with Gasteiger partial charge in [-0.1, -0.05) is 5.21 Å². The Morgan fingerprint density at radius 2 is 2.00 bits per heavy atom. The van der Waals surface area contributed by atoms with E-state index in [1.807, 2.05) is 6.92 Å². The third-order valence-electron chi connectivity index (χ3n) is 3.19. The zero-order valence-corrected chi connectivity index (χ0v) is 8.27. The van der Waals surface area contributed by atoms with Gasteiger partial charge in [-0.25, -0.2) is 0 Å². The van der Waals surface area contributed by atoms with Gasteiger partial charge in [0.2, 0.25) is 0 Å². The maximum Gasteiger partial charge on any atom is 0.0828 e. The van der Waals surface area contributed by atoms with Gasteiger partial charge >= 0.3 is 0 Å². The molecule has 72 valence electrons. The second-order valence-electron chi connectivity index (χ2n) is 3.82. The summed E-state index contributed by atoms with van der Waals surface area (Å²) >= 11 is 0. The van der Waals surface area contributed by atoms with Crippen molar-refractivity contribution >= 4 is 12.4 Å². The fourth-order valence-corrected chi connectivity index (χ4v) is 2.45. The first-order valence-corrected chi connectivity index (χ1v) is 4.46. The third-order valence-corrected chi connectivity index (χ3v) is 3.19. The second-order valence-corrected chi connectivity index (χ2v) is 3.82. The Hall–Kier alpha value is -0.610. The monoisotopic (exact) mass is 200 g/mol. The number of rotatable bonds is 1. The lowest BCUT2D eigenvalue weighted by atomic mass is 10.2. The lowest BCUT2D eigenvalue weighted by molar-refractivity contribution is 0.671. The first-order valence-electron chi connectivity index (χ1n) is 4.46. The molecule has 1 aromatic heterocycles. The highest BCUT2D eigenvalue weighted by Crippen LogP contribution is 2.55. The van der Waals surface area contributed by atoms with Crippen LogP contribution in [0.15, 0.2) is 0 Å². The van der Waals surface area contributed by atoms with Crippen molar-refractivity contribution in [3.8, 4) is 0 Å². The van der Waals surface area contributed by atoms with Crippen molar-refractivity contribution in [1.82, 2.24) is 20.7 Å². The summed E-state index contributed by atoms with van der Waals surface area (Å²) in [6, 6.07) is 0. The smallest absolute Gasteiger partial charge is 0.0828 e. The fourth-order valence-electron chi connectivity index (χ4n) is 2.45. The van der Waals surface area contributed by atoms with Crippen LogP contribution in [0.4, 0.5) is 0 Å². The summed E-state index contributed by atoms with van der Waals surface area (Å²) in [5.74, 6) is 2.43. The van der Waals surface area contributed by atoms with Crippen molar-refractivity contribution in [2.75, 3.05) is 13.1 Å². The molecule has 2 N–H and O–H groups in total. The van der Waals surface area contributed by atoms with E-state index in [-0.39, 0.29) is 12.4 Å². The van der Waals surface area contributed by atoms with Crippen molar-refractivity contribution in [1.29, 1.82) is 0 Å². The van der Waals surface area contributed by atoms with Crippen LogP contribution in [-0.2, 0) is 0 Å². The van der Waals surface area contributed by atoms with Crippen LogP contribution < -0.4 is 5.32 Å². The molecular formula is C8H13ClN4. The van der Waals surface area contributed by atoms with Crippen LogP contribution in [0.25, 0.3) is 0 Å². The first-order chi connectivity index (χ1) is 5.88.